The highest BCUT2D eigenvalue weighted by Gasteiger charge is 2.45. The third-order valence-corrected chi connectivity index (χ3v) is 4.60. The van der Waals surface area contributed by atoms with Crippen LogP contribution in [0.1, 0.15) is 38.3 Å². The highest BCUT2D eigenvalue weighted by atomic mass is 35.5. The Labute approximate surface area is 119 Å². The lowest BCUT2D eigenvalue weighted by Crippen LogP contribution is -2.46. The van der Waals surface area contributed by atoms with E-state index in [-0.39, 0.29) is 11.6 Å². The van der Waals surface area contributed by atoms with Crippen LogP contribution in [-0.2, 0) is 0 Å². The Morgan fingerprint density at radius 3 is 2.95 bits per heavy atom. The summed E-state index contributed by atoms with van der Waals surface area (Å²) in [6, 6.07) is 6.35. The molecular weight excluding hydrogens is 260 g/mol. The Bertz CT molecular complexity index is 491. The minimum atomic E-state index is -0.107. The van der Waals surface area contributed by atoms with E-state index in [0.717, 1.165) is 42.3 Å². The molecule has 2 N–H and O–H groups in total. The number of ether oxygens (including phenoxy) is 1. The smallest absolute Gasteiger partial charge is 0.125 e. The van der Waals surface area contributed by atoms with Crippen molar-refractivity contribution in [3.8, 4) is 5.75 Å². The second kappa shape index (κ2) is 4.65. The van der Waals surface area contributed by atoms with Crippen molar-refractivity contribution in [3.63, 3.8) is 0 Å². The summed E-state index contributed by atoms with van der Waals surface area (Å²) in [4.78, 5) is 2.47. The highest BCUT2D eigenvalue weighted by molar-refractivity contribution is 6.30. The monoisotopic (exact) mass is 280 g/mol. The lowest BCUT2D eigenvalue weighted by atomic mass is 9.87. The van der Waals surface area contributed by atoms with E-state index in [1.165, 1.54) is 0 Å². The van der Waals surface area contributed by atoms with Crippen molar-refractivity contribution < 1.29 is 4.74 Å². The summed E-state index contributed by atoms with van der Waals surface area (Å²) >= 11 is 6.04. The average Bonchev–Trinajstić information content (AvgIpc) is 2.74. The maximum absolute atomic E-state index is 6.33. The van der Waals surface area contributed by atoms with E-state index in [2.05, 4.69) is 18.7 Å². The van der Waals surface area contributed by atoms with E-state index in [0.29, 0.717) is 6.04 Å². The van der Waals surface area contributed by atoms with Gasteiger partial charge in [0, 0.05) is 48.6 Å². The molecule has 1 spiro atoms. The lowest BCUT2D eigenvalue weighted by molar-refractivity contribution is 0.0409. The normalized spacial score (nSPS) is 30.7. The lowest BCUT2D eigenvalue weighted by Gasteiger charge is -2.39. The van der Waals surface area contributed by atoms with Gasteiger partial charge in [0.05, 0.1) is 0 Å². The fraction of sp³-hybridized carbons (Fsp3) is 0.600. The molecule has 1 saturated heterocycles. The second-order valence-electron chi connectivity index (χ2n) is 6.09. The molecule has 2 atom stereocenters. The summed E-state index contributed by atoms with van der Waals surface area (Å²) in [6.07, 6.45) is 1.94. The van der Waals surface area contributed by atoms with E-state index in [1.54, 1.807) is 0 Å². The van der Waals surface area contributed by atoms with Crippen molar-refractivity contribution >= 4 is 11.6 Å². The van der Waals surface area contributed by atoms with Gasteiger partial charge in [0.15, 0.2) is 0 Å². The van der Waals surface area contributed by atoms with E-state index >= 15 is 0 Å². The molecule has 104 valence electrons. The van der Waals surface area contributed by atoms with E-state index in [4.69, 9.17) is 22.1 Å². The molecule has 0 saturated carbocycles. The summed E-state index contributed by atoms with van der Waals surface area (Å²) in [6.45, 7) is 6.53. The number of rotatable bonds is 1. The van der Waals surface area contributed by atoms with Crippen LogP contribution in [0.4, 0.5) is 0 Å². The van der Waals surface area contributed by atoms with Gasteiger partial charge in [0.2, 0.25) is 0 Å². The Balaban J connectivity index is 1.87. The summed E-state index contributed by atoms with van der Waals surface area (Å²) in [5, 5.41) is 0.726. The van der Waals surface area contributed by atoms with E-state index in [1.807, 2.05) is 18.2 Å². The van der Waals surface area contributed by atoms with Gasteiger partial charge in [-0.2, -0.15) is 0 Å². The van der Waals surface area contributed by atoms with Crippen molar-refractivity contribution in [3.05, 3.63) is 28.8 Å². The van der Waals surface area contributed by atoms with Gasteiger partial charge >= 0.3 is 0 Å². The van der Waals surface area contributed by atoms with Crippen molar-refractivity contribution in [1.82, 2.24) is 4.90 Å². The molecule has 1 unspecified atom stereocenters. The van der Waals surface area contributed by atoms with Crippen LogP contribution in [0.25, 0.3) is 0 Å². The first-order valence-electron chi connectivity index (χ1n) is 6.97. The van der Waals surface area contributed by atoms with Gasteiger partial charge in [-0.15, -0.1) is 0 Å². The molecular formula is C15H21ClN2O. The maximum atomic E-state index is 6.33. The Morgan fingerprint density at radius 2 is 2.26 bits per heavy atom. The van der Waals surface area contributed by atoms with Gasteiger partial charge in [-0.3, -0.25) is 4.90 Å². The molecule has 3 nitrogen and oxygen atoms in total. The summed E-state index contributed by atoms with van der Waals surface area (Å²) in [7, 11) is 0. The number of hydrogen-bond donors (Lipinski definition) is 1. The molecule has 0 bridgehead atoms. The highest BCUT2D eigenvalue weighted by Crippen LogP contribution is 2.43. The zero-order valence-corrected chi connectivity index (χ0v) is 12.3. The number of hydrogen-bond acceptors (Lipinski definition) is 3. The van der Waals surface area contributed by atoms with Crippen LogP contribution in [0.5, 0.6) is 5.75 Å². The third-order valence-electron chi connectivity index (χ3n) is 4.37. The van der Waals surface area contributed by atoms with Crippen molar-refractivity contribution in [2.75, 3.05) is 13.1 Å². The molecule has 1 aromatic rings. The fourth-order valence-corrected chi connectivity index (χ4v) is 3.43. The molecule has 0 radical (unpaired) electrons. The number of fused-ring (bicyclic) bond motifs is 1. The Kier molecular flexibility index (Phi) is 3.24. The molecule has 0 aromatic heterocycles. The number of nitrogens with zero attached hydrogens (tertiary/aromatic N) is 1. The third kappa shape index (κ3) is 2.35. The van der Waals surface area contributed by atoms with Crippen LogP contribution >= 0.6 is 11.6 Å². The Morgan fingerprint density at radius 1 is 1.47 bits per heavy atom. The van der Waals surface area contributed by atoms with Crippen LogP contribution < -0.4 is 10.5 Å². The van der Waals surface area contributed by atoms with Crippen molar-refractivity contribution in [1.29, 1.82) is 0 Å². The number of halogens is 1. The SMILES string of the molecule is CC(C)N1CCC2(C[C@H](N)c3cc(Cl)ccc3O2)C1. The van der Waals surface area contributed by atoms with Crippen molar-refractivity contribution in [2.45, 2.75) is 44.4 Å². The molecule has 1 aromatic carbocycles. The molecule has 0 amide bonds. The summed E-state index contributed by atoms with van der Waals surface area (Å²) in [5.41, 5.74) is 7.27. The molecule has 2 aliphatic heterocycles. The molecule has 19 heavy (non-hydrogen) atoms. The van der Waals surface area contributed by atoms with Crippen LogP contribution in [0, 0.1) is 0 Å². The van der Waals surface area contributed by atoms with Gasteiger partial charge in [-0.25, -0.2) is 0 Å². The van der Waals surface area contributed by atoms with Crippen LogP contribution in [0.3, 0.4) is 0 Å². The molecule has 0 aliphatic carbocycles. The van der Waals surface area contributed by atoms with Crippen molar-refractivity contribution in [2.24, 2.45) is 5.73 Å². The minimum Gasteiger partial charge on any atom is -0.485 e. The second-order valence-corrected chi connectivity index (χ2v) is 6.53. The van der Waals surface area contributed by atoms with Gasteiger partial charge in [-0.1, -0.05) is 11.6 Å². The molecule has 3 rings (SSSR count). The number of nitrogens with two attached hydrogens (primary N) is 1. The zero-order valence-electron chi connectivity index (χ0n) is 11.5. The molecule has 1 fully saturated rings. The quantitative estimate of drug-likeness (QED) is 0.859. The zero-order chi connectivity index (χ0) is 13.6. The van der Waals surface area contributed by atoms with Gasteiger partial charge in [-0.05, 0) is 32.0 Å². The molecule has 2 heterocycles. The first kappa shape index (κ1) is 13.2. The van der Waals surface area contributed by atoms with Gasteiger partial charge in [0.25, 0.3) is 0 Å². The van der Waals surface area contributed by atoms with Gasteiger partial charge in [0.1, 0.15) is 11.4 Å². The standard InChI is InChI=1S/C15H21ClN2O/c1-10(2)18-6-5-15(9-18)8-13(17)12-7-11(16)3-4-14(12)19-15/h3-4,7,10,13H,5-6,8-9,17H2,1-2H3/t13-,15?/m0/s1. The predicted octanol–water partition coefficient (Wildman–Crippen LogP) is 2.98. The minimum absolute atomic E-state index is 0.0227. The van der Waals surface area contributed by atoms with E-state index < -0.39 is 0 Å². The molecule has 2 aliphatic rings. The van der Waals surface area contributed by atoms with Crippen LogP contribution in [0.15, 0.2) is 18.2 Å². The first-order valence-corrected chi connectivity index (χ1v) is 7.35. The number of likely N-dealkylation sites (tertiary alicyclic amines) is 1. The van der Waals surface area contributed by atoms with Crippen LogP contribution in [-0.4, -0.2) is 29.6 Å². The van der Waals surface area contributed by atoms with Crippen LogP contribution in [0.2, 0.25) is 5.02 Å². The Hall–Kier alpha value is -0.770. The van der Waals surface area contributed by atoms with E-state index in [9.17, 15) is 0 Å². The predicted molar refractivity (Wildman–Crippen MR) is 77.7 cm³/mol. The fourth-order valence-electron chi connectivity index (χ4n) is 3.25. The first-order chi connectivity index (χ1) is 8.99. The molecule has 4 heteroatoms. The average molecular weight is 281 g/mol. The largest absolute Gasteiger partial charge is 0.485 e. The topological polar surface area (TPSA) is 38.5 Å². The van der Waals surface area contributed by atoms with Gasteiger partial charge < -0.3 is 10.5 Å². The number of benzene rings is 1. The summed E-state index contributed by atoms with van der Waals surface area (Å²) < 4.78 is 6.31. The summed E-state index contributed by atoms with van der Waals surface area (Å²) in [5.74, 6) is 0.911. The maximum Gasteiger partial charge on any atom is 0.125 e.